The van der Waals surface area contributed by atoms with Gasteiger partial charge >= 0.3 is 5.97 Å². The molecule has 2 aromatic rings. The van der Waals surface area contributed by atoms with Crippen LogP contribution < -0.4 is 4.74 Å². The lowest BCUT2D eigenvalue weighted by atomic mass is 9.97. The van der Waals surface area contributed by atoms with Gasteiger partial charge in [0.2, 0.25) is 0 Å². The van der Waals surface area contributed by atoms with Gasteiger partial charge in [0.25, 0.3) is 0 Å². The molecule has 0 amide bonds. The molecule has 0 saturated heterocycles. The summed E-state index contributed by atoms with van der Waals surface area (Å²) in [6, 6.07) is 10.4. The number of carboxylic acids is 1. The Kier molecular flexibility index (Phi) is 7.00. The molecular weight excluding hydrogens is 435 g/mol. The highest BCUT2D eigenvalue weighted by Gasteiger charge is 2.45. The van der Waals surface area contributed by atoms with E-state index in [1.54, 1.807) is 19.2 Å². The molecule has 1 saturated carbocycles. The highest BCUT2D eigenvalue weighted by Crippen LogP contribution is 2.40. The standard InChI is InChI=1S/C21H22ClFO6S/c1-28-16-5-2-13(3-6-16)11-29-12-14-8-17(10-18(14)21(24)25)30(26,27)20-7-4-15(23)9-19(20)22/h2-7,9,14,17-18H,8,10-12H2,1H3,(H,24,25)/t14-,17-,18+/m0/s1. The van der Waals surface area contributed by atoms with Crippen molar-refractivity contribution < 1.29 is 32.2 Å². The lowest BCUT2D eigenvalue weighted by Crippen LogP contribution is -2.22. The van der Waals surface area contributed by atoms with Crippen LogP contribution in [0.25, 0.3) is 0 Å². The van der Waals surface area contributed by atoms with E-state index in [2.05, 4.69) is 0 Å². The summed E-state index contributed by atoms with van der Waals surface area (Å²) in [5.74, 6) is -2.29. The van der Waals surface area contributed by atoms with Crippen molar-refractivity contribution in [2.45, 2.75) is 29.6 Å². The van der Waals surface area contributed by atoms with Crippen molar-refractivity contribution in [1.82, 2.24) is 0 Å². The van der Waals surface area contributed by atoms with Crippen LogP contribution in [0.4, 0.5) is 4.39 Å². The van der Waals surface area contributed by atoms with Gasteiger partial charge in [-0.25, -0.2) is 12.8 Å². The zero-order valence-electron chi connectivity index (χ0n) is 16.3. The minimum atomic E-state index is -3.90. The van der Waals surface area contributed by atoms with Gasteiger partial charge in [0, 0.05) is 0 Å². The number of rotatable bonds is 8. The summed E-state index contributed by atoms with van der Waals surface area (Å²) in [5.41, 5.74) is 0.892. The van der Waals surface area contributed by atoms with Crippen LogP contribution in [0.5, 0.6) is 5.75 Å². The SMILES string of the molecule is COc1ccc(COC[C@@H]2C[C@H](S(=O)(=O)c3ccc(F)cc3Cl)C[C@H]2C(=O)O)cc1. The highest BCUT2D eigenvalue weighted by atomic mass is 35.5. The van der Waals surface area contributed by atoms with Gasteiger partial charge in [0.15, 0.2) is 9.84 Å². The van der Waals surface area contributed by atoms with Crippen molar-refractivity contribution in [3.63, 3.8) is 0 Å². The van der Waals surface area contributed by atoms with Crippen LogP contribution in [0.1, 0.15) is 18.4 Å². The van der Waals surface area contributed by atoms with Crippen LogP contribution in [0.3, 0.4) is 0 Å². The van der Waals surface area contributed by atoms with Gasteiger partial charge < -0.3 is 14.6 Å². The number of hydrogen-bond donors (Lipinski definition) is 1. The van der Waals surface area contributed by atoms with E-state index in [1.807, 2.05) is 12.1 Å². The first-order valence-corrected chi connectivity index (χ1v) is 11.3. The Labute approximate surface area is 179 Å². The zero-order valence-corrected chi connectivity index (χ0v) is 17.8. The molecule has 3 rings (SSSR count). The lowest BCUT2D eigenvalue weighted by Gasteiger charge is -2.16. The fourth-order valence-electron chi connectivity index (χ4n) is 3.75. The second kappa shape index (κ2) is 9.32. The Hall–Kier alpha value is -2.16. The molecule has 0 radical (unpaired) electrons. The molecule has 3 atom stereocenters. The van der Waals surface area contributed by atoms with Gasteiger partial charge in [-0.05, 0) is 54.7 Å². The molecule has 1 aliphatic carbocycles. The first kappa shape index (κ1) is 22.5. The van der Waals surface area contributed by atoms with Gasteiger partial charge in [-0.15, -0.1) is 0 Å². The average Bonchev–Trinajstić information content (AvgIpc) is 3.13. The van der Waals surface area contributed by atoms with Gasteiger partial charge in [-0.2, -0.15) is 0 Å². The third-order valence-electron chi connectivity index (χ3n) is 5.37. The van der Waals surface area contributed by atoms with Crippen molar-refractivity contribution in [1.29, 1.82) is 0 Å². The molecular formula is C21H22ClFO6S. The van der Waals surface area contributed by atoms with Gasteiger partial charge in [0.05, 0.1) is 41.4 Å². The molecule has 6 nitrogen and oxygen atoms in total. The molecule has 1 aliphatic rings. The molecule has 0 aliphatic heterocycles. The third-order valence-corrected chi connectivity index (χ3v) is 8.02. The summed E-state index contributed by atoms with van der Waals surface area (Å²) in [5, 5.41) is 8.44. The molecule has 9 heteroatoms. The second-order valence-corrected chi connectivity index (χ2v) is 9.88. The summed E-state index contributed by atoms with van der Waals surface area (Å²) in [6.45, 7) is 0.389. The van der Waals surface area contributed by atoms with Gasteiger partial charge in [-0.3, -0.25) is 4.79 Å². The topological polar surface area (TPSA) is 89.9 Å². The molecule has 2 aromatic carbocycles. The van der Waals surface area contributed by atoms with E-state index in [4.69, 9.17) is 21.1 Å². The predicted octanol–water partition coefficient (Wildman–Crippen LogP) is 3.96. The quantitative estimate of drug-likeness (QED) is 0.605. The maximum atomic E-state index is 13.3. The number of carbonyl (C=O) groups is 1. The molecule has 1 N–H and O–H groups in total. The lowest BCUT2D eigenvalue weighted by molar-refractivity contribution is -0.143. The number of methoxy groups -OCH3 is 1. The first-order valence-electron chi connectivity index (χ1n) is 9.34. The Morgan fingerprint density at radius 2 is 1.90 bits per heavy atom. The number of halogens is 2. The van der Waals surface area contributed by atoms with Crippen molar-refractivity contribution in [2.75, 3.05) is 13.7 Å². The molecule has 0 spiro atoms. The van der Waals surface area contributed by atoms with Crippen LogP contribution in [0.15, 0.2) is 47.4 Å². The van der Waals surface area contributed by atoms with Crippen LogP contribution in [0, 0.1) is 17.7 Å². The second-order valence-electron chi connectivity index (χ2n) is 7.28. The summed E-state index contributed by atoms with van der Waals surface area (Å²) in [7, 11) is -2.33. The van der Waals surface area contributed by atoms with Crippen molar-refractivity contribution in [2.24, 2.45) is 11.8 Å². The Bertz CT molecular complexity index is 1010. The summed E-state index contributed by atoms with van der Waals surface area (Å²) < 4.78 is 50.0. The van der Waals surface area contributed by atoms with E-state index < -0.39 is 38.7 Å². The van der Waals surface area contributed by atoms with E-state index in [1.165, 1.54) is 0 Å². The fraction of sp³-hybridized carbons (Fsp3) is 0.381. The Morgan fingerprint density at radius 1 is 1.20 bits per heavy atom. The number of ether oxygens (including phenoxy) is 2. The van der Waals surface area contributed by atoms with E-state index in [-0.39, 0.29) is 36.0 Å². The van der Waals surface area contributed by atoms with Crippen molar-refractivity contribution in [3.05, 3.63) is 58.9 Å². The Morgan fingerprint density at radius 3 is 2.50 bits per heavy atom. The fourth-order valence-corrected chi connectivity index (χ4v) is 6.15. The molecule has 0 heterocycles. The predicted molar refractivity (Wildman–Crippen MR) is 109 cm³/mol. The number of aliphatic carboxylic acids is 1. The summed E-state index contributed by atoms with van der Waals surface area (Å²) >= 11 is 5.93. The minimum absolute atomic E-state index is 0.0397. The third kappa shape index (κ3) is 4.94. The number of sulfone groups is 1. The molecule has 0 unspecified atom stereocenters. The molecule has 30 heavy (non-hydrogen) atoms. The first-order chi connectivity index (χ1) is 14.2. The number of hydrogen-bond acceptors (Lipinski definition) is 5. The zero-order chi connectivity index (χ0) is 21.9. The number of benzene rings is 2. The van der Waals surface area contributed by atoms with E-state index in [0.717, 1.165) is 23.8 Å². The average molecular weight is 457 g/mol. The van der Waals surface area contributed by atoms with E-state index in [0.29, 0.717) is 5.75 Å². The van der Waals surface area contributed by atoms with E-state index >= 15 is 0 Å². The van der Waals surface area contributed by atoms with Gasteiger partial charge in [0.1, 0.15) is 11.6 Å². The number of carboxylic acid groups (broad SMARTS) is 1. The van der Waals surface area contributed by atoms with Crippen LogP contribution in [-0.4, -0.2) is 38.5 Å². The molecule has 162 valence electrons. The summed E-state index contributed by atoms with van der Waals surface area (Å²) in [4.78, 5) is 11.5. The molecule has 0 aromatic heterocycles. The van der Waals surface area contributed by atoms with Crippen LogP contribution in [-0.2, 0) is 26.0 Å². The maximum Gasteiger partial charge on any atom is 0.306 e. The smallest absolute Gasteiger partial charge is 0.306 e. The normalized spacial score (nSPS) is 21.5. The minimum Gasteiger partial charge on any atom is -0.497 e. The molecule has 0 bridgehead atoms. The van der Waals surface area contributed by atoms with Crippen molar-refractivity contribution >= 4 is 27.4 Å². The summed E-state index contributed by atoms with van der Waals surface area (Å²) in [6.07, 6.45) is 0.0948. The van der Waals surface area contributed by atoms with Crippen LogP contribution >= 0.6 is 11.6 Å². The monoisotopic (exact) mass is 456 g/mol. The Balaban J connectivity index is 1.69. The van der Waals surface area contributed by atoms with Crippen LogP contribution in [0.2, 0.25) is 5.02 Å². The van der Waals surface area contributed by atoms with Gasteiger partial charge in [-0.1, -0.05) is 23.7 Å². The van der Waals surface area contributed by atoms with E-state index in [9.17, 15) is 22.7 Å². The highest BCUT2D eigenvalue weighted by molar-refractivity contribution is 7.92. The largest absolute Gasteiger partial charge is 0.497 e. The maximum absolute atomic E-state index is 13.3. The molecule has 1 fully saturated rings. The van der Waals surface area contributed by atoms with Crippen molar-refractivity contribution in [3.8, 4) is 5.75 Å².